The maximum absolute atomic E-state index is 13.8. The summed E-state index contributed by atoms with van der Waals surface area (Å²) in [6.45, 7) is 1.85. The normalized spacial score (nSPS) is 10.8. The fraction of sp³-hybridized carbons (Fsp3) is 0.0833. The van der Waals surface area contributed by atoms with Crippen molar-refractivity contribution in [2.45, 2.75) is 6.92 Å². The predicted octanol–water partition coefficient (Wildman–Crippen LogP) is 2.77. The molecular weight excluding hydrogens is 265 g/mol. The molecule has 0 saturated heterocycles. The smallest absolute Gasteiger partial charge is 0.213 e. The number of nitrogens with zero attached hydrogens (tertiary/aromatic N) is 3. The van der Waals surface area contributed by atoms with Gasteiger partial charge in [-0.1, -0.05) is 12.1 Å². The second kappa shape index (κ2) is 4.43. The standard InChI is InChI=1S/C12H10FN5S/c1-7-8(11-15-12(19)17-16-11)6-14-18(7)10-5-3-2-4-9(10)13/h2-6H,1H3,(H2,15,16,17,19). The van der Waals surface area contributed by atoms with Crippen molar-refractivity contribution in [2.24, 2.45) is 0 Å². The Bertz CT molecular complexity index is 785. The molecule has 0 aliphatic carbocycles. The van der Waals surface area contributed by atoms with Gasteiger partial charge in [0.25, 0.3) is 0 Å². The summed E-state index contributed by atoms with van der Waals surface area (Å²) in [5.74, 6) is 0.264. The summed E-state index contributed by atoms with van der Waals surface area (Å²) in [4.78, 5) is 4.13. The topological polar surface area (TPSA) is 62.3 Å². The van der Waals surface area contributed by atoms with Gasteiger partial charge in [0.2, 0.25) is 4.77 Å². The molecule has 1 aromatic carbocycles. The van der Waals surface area contributed by atoms with Crippen molar-refractivity contribution in [3.63, 3.8) is 0 Å². The molecule has 5 nitrogen and oxygen atoms in total. The summed E-state index contributed by atoms with van der Waals surface area (Å²) in [6.07, 6.45) is 1.63. The van der Waals surface area contributed by atoms with Gasteiger partial charge in [0.15, 0.2) is 5.82 Å². The Kier molecular flexibility index (Phi) is 2.75. The molecule has 0 atom stereocenters. The molecule has 0 aliphatic heterocycles. The molecule has 19 heavy (non-hydrogen) atoms. The third-order valence-electron chi connectivity index (χ3n) is 2.85. The van der Waals surface area contributed by atoms with Crippen molar-refractivity contribution in [1.82, 2.24) is 25.0 Å². The molecule has 2 aromatic heterocycles. The number of hydrogen-bond acceptors (Lipinski definition) is 3. The molecular formula is C12H10FN5S. The number of halogens is 1. The van der Waals surface area contributed by atoms with Crippen LogP contribution < -0.4 is 0 Å². The number of aromatic nitrogens is 5. The Hall–Kier alpha value is -2.28. The summed E-state index contributed by atoms with van der Waals surface area (Å²) in [6, 6.07) is 6.48. The molecule has 96 valence electrons. The molecule has 0 bridgehead atoms. The van der Waals surface area contributed by atoms with Gasteiger partial charge in [-0.2, -0.15) is 10.1 Å². The molecule has 3 aromatic rings. The lowest BCUT2D eigenvalue weighted by Crippen LogP contribution is -2.01. The fourth-order valence-electron chi connectivity index (χ4n) is 1.91. The van der Waals surface area contributed by atoms with Crippen LogP contribution in [-0.4, -0.2) is 25.0 Å². The molecule has 0 aliphatic rings. The van der Waals surface area contributed by atoms with Gasteiger partial charge in [-0.15, -0.1) is 0 Å². The number of aromatic amines is 2. The van der Waals surface area contributed by atoms with E-state index in [9.17, 15) is 4.39 Å². The lowest BCUT2D eigenvalue weighted by atomic mass is 10.2. The number of benzene rings is 1. The first-order valence-electron chi connectivity index (χ1n) is 5.61. The van der Waals surface area contributed by atoms with E-state index in [-0.39, 0.29) is 5.82 Å². The van der Waals surface area contributed by atoms with Crippen molar-refractivity contribution >= 4 is 12.2 Å². The van der Waals surface area contributed by atoms with Crippen LogP contribution in [0.4, 0.5) is 4.39 Å². The Morgan fingerprint density at radius 2 is 2.05 bits per heavy atom. The van der Waals surface area contributed by atoms with Crippen molar-refractivity contribution < 1.29 is 4.39 Å². The quantitative estimate of drug-likeness (QED) is 0.707. The minimum absolute atomic E-state index is 0.324. The van der Waals surface area contributed by atoms with Gasteiger partial charge in [0, 0.05) is 0 Å². The van der Waals surface area contributed by atoms with E-state index < -0.39 is 0 Å². The number of H-pyrrole nitrogens is 2. The van der Waals surface area contributed by atoms with Crippen molar-refractivity contribution in [3.8, 4) is 17.1 Å². The Labute approximate surface area is 113 Å². The molecule has 0 unspecified atom stereocenters. The number of hydrogen-bond donors (Lipinski definition) is 2. The lowest BCUT2D eigenvalue weighted by molar-refractivity contribution is 0.608. The monoisotopic (exact) mass is 275 g/mol. The van der Waals surface area contributed by atoms with Gasteiger partial charge in [0.05, 0.1) is 17.5 Å². The zero-order valence-corrected chi connectivity index (χ0v) is 10.8. The maximum Gasteiger partial charge on any atom is 0.213 e. The van der Waals surface area contributed by atoms with E-state index in [4.69, 9.17) is 12.2 Å². The summed E-state index contributed by atoms with van der Waals surface area (Å²) >= 11 is 4.91. The molecule has 0 amide bonds. The van der Waals surface area contributed by atoms with Crippen molar-refractivity contribution in [3.05, 3.63) is 46.7 Å². The van der Waals surface area contributed by atoms with Crippen LogP contribution in [-0.2, 0) is 0 Å². The first-order valence-corrected chi connectivity index (χ1v) is 6.02. The second-order valence-corrected chi connectivity index (χ2v) is 4.41. The van der Waals surface area contributed by atoms with Crippen molar-refractivity contribution in [2.75, 3.05) is 0 Å². The van der Waals surface area contributed by atoms with Crippen LogP contribution in [0.1, 0.15) is 5.69 Å². The predicted molar refractivity (Wildman–Crippen MR) is 71.0 cm³/mol. The fourth-order valence-corrected chi connectivity index (χ4v) is 2.05. The Morgan fingerprint density at radius 1 is 1.26 bits per heavy atom. The van der Waals surface area contributed by atoms with Crippen LogP contribution in [0.25, 0.3) is 17.1 Å². The Morgan fingerprint density at radius 3 is 2.74 bits per heavy atom. The van der Waals surface area contributed by atoms with E-state index in [2.05, 4.69) is 20.3 Å². The van der Waals surface area contributed by atoms with Crippen LogP contribution in [0.2, 0.25) is 0 Å². The molecule has 0 fully saturated rings. The largest absolute Gasteiger partial charge is 0.282 e. The third kappa shape index (κ3) is 1.97. The first kappa shape index (κ1) is 11.8. The zero-order valence-electron chi connectivity index (χ0n) is 10.0. The average molecular weight is 275 g/mol. The highest BCUT2D eigenvalue weighted by Gasteiger charge is 2.14. The summed E-state index contributed by atoms with van der Waals surface area (Å²) in [5.41, 5.74) is 1.96. The third-order valence-corrected chi connectivity index (χ3v) is 3.04. The molecule has 0 radical (unpaired) electrons. The van der Waals surface area contributed by atoms with E-state index in [0.717, 1.165) is 11.3 Å². The number of para-hydroxylation sites is 1. The summed E-state index contributed by atoms with van der Waals surface area (Å²) in [7, 11) is 0. The van der Waals surface area contributed by atoms with Crippen LogP contribution in [0.5, 0.6) is 0 Å². The second-order valence-electron chi connectivity index (χ2n) is 4.02. The van der Waals surface area contributed by atoms with Gasteiger partial charge in [-0.3, -0.25) is 10.2 Å². The maximum atomic E-state index is 13.8. The summed E-state index contributed by atoms with van der Waals surface area (Å²) < 4.78 is 15.7. The van der Waals surface area contributed by atoms with Crippen LogP contribution in [0, 0.1) is 17.5 Å². The van der Waals surface area contributed by atoms with Gasteiger partial charge in [-0.25, -0.2) is 9.07 Å². The van der Waals surface area contributed by atoms with Crippen LogP contribution in [0.15, 0.2) is 30.5 Å². The van der Waals surface area contributed by atoms with E-state index in [1.165, 1.54) is 10.7 Å². The van der Waals surface area contributed by atoms with Crippen LogP contribution in [0.3, 0.4) is 0 Å². The zero-order chi connectivity index (χ0) is 13.4. The highest BCUT2D eigenvalue weighted by molar-refractivity contribution is 7.71. The molecule has 2 heterocycles. The van der Waals surface area contributed by atoms with Gasteiger partial charge in [-0.05, 0) is 31.3 Å². The molecule has 0 spiro atoms. The minimum atomic E-state index is -0.324. The van der Waals surface area contributed by atoms with Crippen molar-refractivity contribution in [1.29, 1.82) is 0 Å². The lowest BCUT2D eigenvalue weighted by Gasteiger charge is -2.05. The highest BCUT2D eigenvalue weighted by Crippen LogP contribution is 2.22. The molecule has 2 N–H and O–H groups in total. The molecule has 7 heteroatoms. The summed E-state index contributed by atoms with van der Waals surface area (Å²) in [5, 5.41) is 9.78. The van der Waals surface area contributed by atoms with E-state index >= 15 is 0 Å². The first-order chi connectivity index (χ1) is 9.16. The highest BCUT2D eigenvalue weighted by atomic mass is 32.1. The van der Waals surface area contributed by atoms with Crippen LogP contribution >= 0.6 is 12.2 Å². The van der Waals surface area contributed by atoms with E-state index in [1.807, 2.05) is 6.92 Å². The van der Waals surface area contributed by atoms with Gasteiger partial charge >= 0.3 is 0 Å². The van der Waals surface area contributed by atoms with Gasteiger partial charge in [0.1, 0.15) is 11.5 Å². The number of nitrogens with one attached hydrogen (secondary N) is 2. The minimum Gasteiger partial charge on any atom is -0.282 e. The average Bonchev–Trinajstić information content (AvgIpc) is 2.97. The molecule has 0 saturated carbocycles. The van der Waals surface area contributed by atoms with Gasteiger partial charge < -0.3 is 0 Å². The Balaban J connectivity index is 2.14. The number of rotatable bonds is 2. The van der Waals surface area contributed by atoms with E-state index in [0.29, 0.717) is 16.3 Å². The molecule has 3 rings (SSSR count). The SMILES string of the molecule is Cc1c(-c2nc(=S)[nH][nH]2)cnn1-c1ccccc1F. The van der Waals surface area contributed by atoms with E-state index in [1.54, 1.807) is 24.4 Å².